The Bertz CT molecular complexity index is 2050. The predicted molar refractivity (Wildman–Crippen MR) is 202 cm³/mol. The van der Waals surface area contributed by atoms with Gasteiger partial charge in [0, 0.05) is 35.2 Å². The first kappa shape index (κ1) is 34.3. The van der Waals surface area contributed by atoms with Crippen molar-refractivity contribution in [3.63, 3.8) is 0 Å². The fourth-order valence-corrected chi connectivity index (χ4v) is 5.25. The minimum absolute atomic E-state index is 0.0340. The van der Waals surface area contributed by atoms with Crippen molar-refractivity contribution in [2.75, 3.05) is 5.32 Å². The molecule has 0 atom stereocenters. The normalized spacial score (nSPS) is 11.3. The Morgan fingerprint density at radius 1 is 0.647 bits per heavy atom. The molecule has 0 fully saturated rings. The van der Waals surface area contributed by atoms with Gasteiger partial charge in [0.1, 0.15) is 31.3 Å². The fourth-order valence-electron chi connectivity index (χ4n) is 5.25. The van der Waals surface area contributed by atoms with Gasteiger partial charge in [-0.3, -0.25) is 9.79 Å². The number of phenols is 1. The highest BCUT2D eigenvalue weighted by atomic mass is 16.5. The third kappa shape index (κ3) is 9.96. The summed E-state index contributed by atoms with van der Waals surface area (Å²) in [7, 11) is 0. The molecule has 6 rings (SSSR count). The van der Waals surface area contributed by atoms with Gasteiger partial charge in [-0.1, -0.05) is 109 Å². The van der Waals surface area contributed by atoms with Crippen molar-refractivity contribution in [2.24, 2.45) is 4.99 Å². The second kappa shape index (κ2) is 17.2. The maximum Gasteiger partial charge on any atom is 0.187 e. The molecule has 7 heteroatoms. The molecular formula is C44H38N2O5. The van der Waals surface area contributed by atoms with Crippen LogP contribution in [0.5, 0.6) is 23.0 Å². The number of phenolic OH excluding ortho intramolecular Hbond substituents is 1. The average molecular weight is 675 g/mol. The van der Waals surface area contributed by atoms with E-state index in [0.29, 0.717) is 53.0 Å². The van der Waals surface area contributed by atoms with Crippen molar-refractivity contribution < 1.29 is 24.1 Å². The number of rotatable bonds is 15. The maximum atomic E-state index is 12.7. The van der Waals surface area contributed by atoms with Crippen LogP contribution < -0.4 is 19.5 Å². The lowest BCUT2D eigenvalue weighted by Crippen LogP contribution is -2.02. The lowest BCUT2D eigenvalue weighted by atomic mass is 10.1. The second-order valence-electron chi connectivity index (χ2n) is 11.8. The third-order valence-corrected chi connectivity index (χ3v) is 7.85. The van der Waals surface area contributed by atoms with Gasteiger partial charge in [-0.15, -0.1) is 0 Å². The number of nitrogens with one attached hydrogen (secondary N) is 1. The molecule has 51 heavy (non-hydrogen) atoms. The van der Waals surface area contributed by atoms with Gasteiger partial charge in [0.2, 0.25) is 0 Å². The Kier molecular flexibility index (Phi) is 11.5. The maximum absolute atomic E-state index is 12.7. The van der Waals surface area contributed by atoms with Crippen molar-refractivity contribution in [3.8, 4) is 23.0 Å². The Morgan fingerprint density at radius 2 is 1.22 bits per heavy atom. The number of allylic oxidation sites excluding steroid dienone is 2. The highest BCUT2D eigenvalue weighted by molar-refractivity contribution is 6.05. The predicted octanol–water partition coefficient (Wildman–Crippen LogP) is 10.1. The van der Waals surface area contributed by atoms with Crippen molar-refractivity contribution in [1.82, 2.24) is 0 Å². The molecule has 0 radical (unpaired) electrons. The SMILES string of the molecule is CC(=CC(=O)c1ccccc1)Nc1ccccc1N=Cc1cccc(OCc2cc(OCc3ccccc3)cc(OCc3ccccc3)c2)c1O. The van der Waals surface area contributed by atoms with Gasteiger partial charge in [0.05, 0.1) is 11.4 Å². The van der Waals surface area contributed by atoms with Crippen LogP contribution >= 0.6 is 0 Å². The largest absolute Gasteiger partial charge is 0.504 e. The summed E-state index contributed by atoms with van der Waals surface area (Å²) in [5.74, 6) is 1.48. The van der Waals surface area contributed by atoms with Crippen LogP contribution in [0.15, 0.2) is 168 Å². The first-order valence-electron chi connectivity index (χ1n) is 16.6. The Hall–Kier alpha value is -6.60. The molecule has 0 unspecified atom stereocenters. The highest BCUT2D eigenvalue weighted by Gasteiger charge is 2.11. The smallest absolute Gasteiger partial charge is 0.187 e. The van der Waals surface area contributed by atoms with E-state index in [1.807, 2.05) is 128 Å². The molecule has 0 aliphatic heterocycles. The topological polar surface area (TPSA) is 89.4 Å². The van der Waals surface area contributed by atoms with Crippen LogP contribution in [0.4, 0.5) is 11.4 Å². The number of carbonyl (C=O) groups excluding carboxylic acids is 1. The van der Waals surface area contributed by atoms with E-state index in [2.05, 4.69) is 10.3 Å². The highest BCUT2D eigenvalue weighted by Crippen LogP contribution is 2.32. The van der Waals surface area contributed by atoms with E-state index >= 15 is 0 Å². The van der Waals surface area contributed by atoms with E-state index < -0.39 is 0 Å². The standard InChI is InChI=1S/C44H38N2O5/c1-32(24-42(47)36-18-9-4-10-19-36)46-41-22-12-11-21-40(41)45-28-37-20-13-23-43(44(37)48)51-31-35-25-38(49-29-33-14-5-2-6-15-33)27-39(26-35)50-30-34-16-7-3-8-17-34/h2-28,46,48H,29-31H2,1H3. The zero-order chi connectivity index (χ0) is 35.3. The van der Waals surface area contributed by atoms with Crippen molar-refractivity contribution >= 4 is 23.4 Å². The summed E-state index contributed by atoms with van der Waals surface area (Å²) in [5.41, 5.74) is 6.05. The summed E-state index contributed by atoms with van der Waals surface area (Å²) in [6.07, 6.45) is 3.15. The lowest BCUT2D eigenvalue weighted by Gasteiger charge is -2.14. The van der Waals surface area contributed by atoms with Crippen molar-refractivity contribution in [2.45, 2.75) is 26.7 Å². The lowest BCUT2D eigenvalue weighted by molar-refractivity contribution is 0.104. The quantitative estimate of drug-likeness (QED) is 0.0640. The summed E-state index contributed by atoms with van der Waals surface area (Å²) in [6, 6.07) is 47.5. The summed E-state index contributed by atoms with van der Waals surface area (Å²) in [5, 5.41) is 14.4. The fraction of sp³-hybridized carbons (Fsp3) is 0.0909. The zero-order valence-electron chi connectivity index (χ0n) is 28.2. The molecule has 0 aliphatic carbocycles. The van der Waals surface area contributed by atoms with Gasteiger partial charge >= 0.3 is 0 Å². The van der Waals surface area contributed by atoms with Gasteiger partial charge in [0.15, 0.2) is 17.3 Å². The number of ketones is 1. The van der Waals surface area contributed by atoms with Crippen LogP contribution in [-0.2, 0) is 19.8 Å². The van der Waals surface area contributed by atoms with E-state index in [4.69, 9.17) is 14.2 Å². The molecule has 6 aromatic rings. The third-order valence-electron chi connectivity index (χ3n) is 7.85. The summed E-state index contributed by atoms with van der Waals surface area (Å²) < 4.78 is 18.4. The molecule has 254 valence electrons. The number of anilines is 1. The van der Waals surface area contributed by atoms with Gasteiger partial charge in [-0.05, 0) is 60.0 Å². The Morgan fingerprint density at radius 3 is 1.86 bits per heavy atom. The van der Waals surface area contributed by atoms with Crippen LogP contribution in [-0.4, -0.2) is 17.1 Å². The van der Waals surface area contributed by atoms with Gasteiger partial charge in [0.25, 0.3) is 0 Å². The summed E-state index contributed by atoms with van der Waals surface area (Å²) in [4.78, 5) is 17.3. The molecule has 6 aromatic carbocycles. The molecule has 0 amide bonds. The van der Waals surface area contributed by atoms with E-state index in [1.165, 1.54) is 0 Å². The number of aromatic hydroxyl groups is 1. The molecule has 2 N–H and O–H groups in total. The molecule has 7 nitrogen and oxygen atoms in total. The number of hydrogen-bond acceptors (Lipinski definition) is 7. The minimum atomic E-state index is -0.0920. The monoisotopic (exact) mass is 674 g/mol. The Balaban J connectivity index is 1.15. The van der Waals surface area contributed by atoms with E-state index in [1.54, 1.807) is 42.6 Å². The van der Waals surface area contributed by atoms with Crippen molar-refractivity contribution in [3.05, 3.63) is 191 Å². The molecule has 0 saturated carbocycles. The van der Waals surface area contributed by atoms with Crippen LogP contribution in [0.1, 0.15) is 39.5 Å². The zero-order valence-corrected chi connectivity index (χ0v) is 28.2. The number of ether oxygens (including phenoxy) is 3. The van der Waals surface area contributed by atoms with Crippen LogP contribution in [0.2, 0.25) is 0 Å². The molecule has 0 aliphatic rings. The average Bonchev–Trinajstić information content (AvgIpc) is 3.17. The van der Waals surface area contributed by atoms with Crippen LogP contribution in [0.25, 0.3) is 0 Å². The van der Waals surface area contributed by atoms with Gasteiger partial charge in [-0.25, -0.2) is 0 Å². The summed E-state index contributed by atoms with van der Waals surface area (Å²) >= 11 is 0. The number of nitrogens with zero attached hydrogens (tertiary/aromatic N) is 1. The first-order chi connectivity index (χ1) is 25.0. The van der Waals surface area contributed by atoms with Gasteiger partial charge in [-0.2, -0.15) is 0 Å². The number of hydrogen-bond donors (Lipinski definition) is 2. The second-order valence-corrected chi connectivity index (χ2v) is 11.8. The molecule has 0 saturated heterocycles. The van der Waals surface area contributed by atoms with E-state index in [0.717, 1.165) is 22.4 Å². The summed E-state index contributed by atoms with van der Waals surface area (Å²) in [6.45, 7) is 2.81. The molecule has 0 spiro atoms. The number of benzene rings is 6. The number of aliphatic imine (C=N–C) groups is 1. The number of carbonyl (C=O) groups is 1. The van der Waals surface area contributed by atoms with Crippen LogP contribution in [0, 0.1) is 0 Å². The first-order valence-corrected chi connectivity index (χ1v) is 16.6. The Labute approximate surface area is 298 Å². The van der Waals surface area contributed by atoms with E-state index in [9.17, 15) is 9.90 Å². The molecule has 0 bridgehead atoms. The van der Waals surface area contributed by atoms with Crippen LogP contribution in [0.3, 0.4) is 0 Å². The number of para-hydroxylation sites is 3. The van der Waals surface area contributed by atoms with E-state index in [-0.39, 0.29) is 18.1 Å². The molecule has 0 heterocycles. The minimum Gasteiger partial charge on any atom is -0.504 e. The van der Waals surface area contributed by atoms with Gasteiger partial charge < -0.3 is 24.6 Å². The molecule has 0 aromatic heterocycles. The van der Waals surface area contributed by atoms with Crippen molar-refractivity contribution in [1.29, 1.82) is 0 Å². The molecular weight excluding hydrogens is 636 g/mol.